The Balaban J connectivity index is 1.89. The second-order valence-corrected chi connectivity index (χ2v) is 6.24. The Bertz CT molecular complexity index is 705. The third kappa shape index (κ3) is 3.54. The molecule has 23 heavy (non-hydrogen) atoms. The number of phenolic OH excluding ortho intramolecular Hbond substituents is 1. The number of rotatable bonds is 3. The maximum atomic E-state index is 10.2. The van der Waals surface area contributed by atoms with Gasteiger partial charge in [-0.15, -0.1) is 0 Å². The van der Waals surface area contributed by atoms with Crippen LogP contribution in [0.1, 0.15) is 18.1 Å². The van der Waals surface area contributed by atoms with Crippen LogP contribution in [-0.2, 0) is 13.1 Å². The number of fused-ring (bicyclic) bond motifs is 1. The smallest absolute Gasteiger partial charge is 0.127 e. The lowest BCUT2D eigenvalue weighted by atomic mass is 10.1. The minimum absolute atomic E-state index is 0.0503. The van der Waals surface area contributed by atoms with Crippen molar-refractivity contribution in [1.29, 1.82) is 0 Å². The van der Waals surface area contributed by atoms with Crippen molar-refractivity contribution in [3.63, 3.8) is 0 Å². The lowest BCUT2D eigenvalue weighted by Gasteiger charge is -2.23. The van der Waals surface area contributed by atoms with Crippen LogP contribution in [0.3, 0.4) is 0 Å². The molecule has 0 aromatic heterocycles. The van der Waals surface area contributed by atoms with Gasteiger partial charge in [-0.3, -0.25) is 4.90 Å². The maximum absolute atomic E-state index is 10.2. The summed E-state index contributed by atoms with van der Waals surface area (Å²) in [6, 6.07) is 11.0. The molecule has 0 amide bonds. The summed E-state index contributed by atoms with van der Waals surface area (Å²) >= 11 is 6.11. The van der Waals surface area contributed by atoms with E-state index in [4.69, 9.17) is 21.1 Å². The number of hydrogen-bond acceptors (Lipinski definition) is 4. The van der Waals surface area contributed by atoms with Gasteiger partial charge in [0.05, 0.1) is 7.11 Å². The molecule has 1 aliphatic rings. The van der Waals surface area contributed by atoms with Gasteiger partial charge in [-0.2, -0.15) is 0 Å². The van der Waals surface area contributed by atoms with E-state index in [2.05, 4.69) is 4.90 Å². The molecule has 0 unspecified atom stereocenters. The third-order valence-electron chi connectivity index (χ3n) is 3.97. The highest BCUT2D eigenvalue weighted by atomic mass is 35.5. The second kappa shape index (κ2) is 6.69. The molecule has 5 heteroatoms. The molecule has 122 valence electrons. The Morgan fingerprint density at radius 1 is 1.35 bits per heavy atom. The molecule has 0 spiro atoms. The number of benzene rings is 2. The average molecular weight is 334 g/mol. The number of halogens is 1. The largest absolute Gasteiger partial charge is 0.507 e. The number of ether oxygens (including phenoxy) is 2. The lowest BCUT2D eigenvalue weighted by Crippen LogP contribution is -2.30. The lowest BCUT2D eigenvalue weighted by molar-refractivity contribution is 0.154. The number of phenols is 1. The molecule has 0 radical (unpaired) electrons. The van der Waals surface area contributed by atoms with E-state index in [9.17, 15) is 5.11 Å². The van der Waals surface area contributed by atoms with Crippen LogP contribution < -0.4 is 9.47 Å². The molecule has 0 aliphatic carbocycles. The summed E-state index contributed by atoms with van der Waals surface area (Å²) in [5, 5.41) is 10.9. The van der Waals surface area contributed by atoms with Crippen LogP contribution in [-0.4, -0.2) is 29.8 Å². The first-order chi connectivity index (χ1) is 11.1. The summed E-state index contributed by atoms with van der Waals surface area (Å²) in [6.45, 7) is 4.08. The van der Waals surface area contributed by atoms with Gasteiger partial charge in [0.25, 0.3) is 0 Å². The fourth-order valence-electron chi connectivity index (χ4n) is 2.96. The normalized spacial score (nSPS) is 18.0. The van der Waals surface area contributed by atoms with Gasteiger partial charge < -0.3 is 14.6 Å². The van der Waals surface area contributed by atoms with Crippen LogP contribution in [0.25, 0.3) is 0 Å². The number of hydrogen-bond donors (Lipinski definition) is 1. The quantitative estimate of drug-likeness (QED) is 0.926. The van der Waals surface area contributed by atoms with Crippen LogP contribution in [0.15, 0.2) is 36.4 Å². The van der Waals surface area contributed by atoms with E-state index in [1.165, 1.54) is 0 Å². The van der Waals surface area contributed by atoms with Gasteiger partial charge in [0, 0.05) is 35.8 Å². The molecule has 1 N–H and O–H groups in total. The summed E-state index contributed by atoms with van der Waals surface area (Å²) in [4.78, 5) is 2.23. The molecule has 1 atom stereocenters. The van der Waals surface area contributed by atoms with Gasteiger partial charge in [0.1, 0.15) is 23.4 Å². The van der Waals surface area contributed by atoms with Crippen molar-refractivity contribution in [3.05, 3.63) is 52.5 Å². The maximum Gasteiger partial charge on any atom is 0.127 e. The Morgan fingerprint density at radius 3 is 2.96 bits per heavy atom. The Hall–Kier alpha value is -1.91. The first kappa shape index (κ1) is 16.0. The van der Waals surface area contributed by atoms with Gasteiger partial charge >= 0.3 is 0 Å². The Labute approximate surface area is 141 Å². The zero-order valence-corrected chi connectivity index (χ0v) is 14.0. The van der Waals surface area contributed by atoms with Gasteiger partial charge in [0.15, 0.2) is 0 Å². The molecule has 0 saturated carbocycles. The van der Waals surface area contributed by atoms with E-state index < -0.39 is 0 Å². The topological polar surface area (TPSA) is 41.9 Å². The van der Waals surface area contributed by atoms with Crippen molar-refractivity contribution in [2.45, 2.75) is 26.1 Å². The van der Waals surface area contributed by atoms with E-state index in [0.717, 1.165) is 23.4 Å². The monoisotopic (exact) mass is 333 g/mol. The zero-order valence-electron chi connectivity index (χ0n) is 13.3. The molecule has 4 nitrogen and oxygen atoms in total. The number of aromatic hydroxyl groups is 1. The van der Waals surface area contributed by atoms with Gasteiger partial charge in [-0.1, -0.05) is 17.7 Å². The Kier molecular flexibility index (Phi) is 4.64. The fraction of sp³-hybridized carbons (Fsp3) is 0.333. The van der Waals surface area contributed by atoms with Crippen molar-refractivity contribution in [3.8, 4) is 17.2 Å². The molecule has 0 bridgehead atoms. The predicted molar refractivity (Wildman–Crippen MR) is 90.3 cm³/mol. The van der Waals surface area contributed by atoms with E-state index in [0.29, 0.717) is 23.9 Å². The predicted octanol–water partition coefficient (Wildman–Crippen LogP) is 3.84. The molecule has 2 aromatic rings. The van der Waals surface area contributed by atoms with E-state index in [-0.39, 0.29) is 11.9 Å². The number of nitrogens with zero attached hydrogens (tertiary/aromatic N) is 1. The van der Waals surface area contributed by atoms with Crippen molar-refractivity contribution in [1.82, 2.24) is 4.90 Å². The van der Waals surface area contributed by atoms with Crippen LogP contribution in [0.4, 0.5) is 0 Å². The molecule has 0 fully saturated rings. The second-order valence-electron chi connectivity index (χ2n) is 5.81. The zero-order chi connectivity index (χ0) is 16.4. The summed E-state index contributed by atoms with van der Waals surface area (Å²) in [7, 11) is 1.61. The summed E-state index contributed by atoms with van der Waals surface area (Å²) in [5.41, 5.74) is 1.84. The molecular formula is C18H20ClNO3. The SMILES string of the molecule is COc1cccc(O)c1CN1Cc2cc(Cl)ccc2O[C@H](C)C1. The highest BCUT2D eigenvalue weighted by Crippen LogP contribution is 2.32. The van der Waals surface area contributed by atoms with Crippen LogP contribution >= 0.6 is 11.6 Å². The minimum atomic E-state index is 0.0503. The van der Waals surface area contributed by atoms with Crippen molar-refractivity contribution < 1.29 is 14.6 Å². The minimum Gasteiger partial charge on any atom is -0.507 e. The fourth-order valence-corrected chi connectivity index (χ4v) is 3.15. The van der Waals surface area contributed by atoms with Crippen molar-refractivity contribution in [2.75, 3.05) is 13.7 Å². The first-order valence-electron chi connectivity index (χ1n) is 7.59. The van der Waals surface area contributed by atoms with Gasteiger partial charge in [0.2, 0.25) is 0 Å². The third-order valence-corrected chi connectivity index (χ3v) is 4.20. The molecule has 3 rings (SSSR count). The first-order valence-corrected chi connectivity index (χ1v) is 7.97. The van der Waals surface area contributed by atoms with E-state index in [1.54, 1.807) is 19.2 Å². The standard InChI is InChI=1S/C18H20ClNO3/c1-12-9-20(10-13-8-14(19)6-7-17(13)23-12)11-15-16(21)4-3-5-18(15)22-2/h3-8,12,21H,9-11H2,1-2H3/t12-/m1/s1. The molecule has 0 saturated heterocycles. The van der Waals surface area contributed by atoms with Crippen LogP contribution in [0.2, 0.25) is 5.02 Å². The highest BCUT2D eigenvalue weighted by Gasteiger charge is 2.22. The van der Waals surface area contributed by atoms with Gasteiger partial charge in [-0.25, -0.2) is 0 Å². The van der Waals surface area contributed by atoms with Crippen molar-refractivity contribution in [2.24, 2.45) is 0 Å². The molecule has 1 aliphatic heterocycles. The van der Waals surface area contributed by atoms with E-state index >= 15 is 0 Å². The summed E-state index contributed by atoms with van der Waals surface area (Å²) in [5.74, 6) is 1.80. The van der Waals surface area contributed by atoms with Crippen LogP contribution in [0.5, 0.6) is 17.2 Å². The van der Waals surface area contributed by atoms with E-state index in [1.807, 2.05) is 31.2 Å². The van der Waals surface area contributed by atoms with Crippen LogP contribution in [0, 0.1) is 0 Å². The van der Waals surface area contributed by atoms with Gasteiger partial charge in [-0.05, 0) is 37.3 Å². The molecule has 2 aromatic carbocycles. The molecule has 1 heterocycles. The summed E-state index contributed by atoms with van der Waals surface area (Å²) in [6.07, 6.45) is 0.0503. The molecular weight excluding hydrogens is 314 g/mol. The van der Waals surface area contributed by atoms with Crippen molar-refractivity contribution >= 4 is 11.6 Å². The number of methoxy groups -OCH3 is 1. The highest BCUT2D eigenvalue weighted by molar-refractivity contribution is 6.30. The summed E-state index contributed by atoms with van der Waals surface area (Å²) < 4.78 is 11.3. The average Bonchev–Trinajstić information content (AvgIpc) is 2.66. The Morgan fingerprint density at radius 2 is 2.17 bits per heavy atom.